The van der Waals surface area contributed by atoms with Crippen LogP contribution in [-0.4, -0.2) is 4.57 Å². The largest absolute Gasteiger partial charge is 0.309 e. The monoisotopic (exact) mass is 559 g/mol. The second-order valence-corrected chi connectivity index (χ2v) is 12.9. The second kappa shape index (κ2) is 8.36. The van der Waals surface area contributed by atoms with Gasteiger partial charge in [0.25, 0.3) is 0 Å². The van der Waals surface area contributed by atoms with Crippen LogP contribution >= 0.6 is 0 Å². The van der Waals surface area contributed by atoms with Gasteiger partial charge in [0.15, 0.2) is 0 Å². The zero-order valence-corrected chi connectivity index (χ0v) is 24.7. The van der Waals surface area contributed by atoms with Crippen molar-refractivity contribution >= 4 is 64.9 Å². The minimum absolute atomic E-state index is 0.139. The first-order valence-corrected chi connectivity index (χ1v) is 15.5. The third-order valence-corrected chi connectivity index (χ3v) is 10.3. The average Bonchev–Trinajstić information content (AvgIpc) is 3.51. The fourth-order valence-electron chi connectivity index (χ4n) is 8.26. The summed E-state index contributed by atoms with van der Waals surface area (Å²) in [7, 11) is 0. The van der Waals surface area contributed by atoms with Gasteiger partial charge in [0.1, 0.15) is 0 Å². The molecule has 8 aromatic carbocycles. The Kier molecular flexibility index (Phi) is 4.58. The van der Waals surface area contributed by atoms with E-state index >= 15 is 0 Å². The molecule has 0 saturated carbocycles. The Morgan fingerprint density at radius 3 is 1.82 bits per heavy atom. The standard InChI is InChI=1S/C43H29N/c1-43(2)38-24-33-30-17-9-8-16-29(30)32-21-20-26-12-6-7-15-28(26)42(32)37(33)23-35(38)34-22-36-31-18-10-11-19-40(31)44(41(36)25-39(34)43)27-13-4-3-5-14-27/h3-25H,1-2H3. The van der Waals surface area contributed by atoms with Crippen LogP contribution in [0.5, 0.6) is 0 Å². The summed E-state index contributed by atoms with van der Waals surface area (Å²) in [5.74, 6) is 0. The highest BCUT2D eigenvalue weighted by molar-refractivity contribution is 6.32. The summed E-state index contributed by atoms with van der Waals surface area (Å²) >= 11 is 0. The molecule has 0 bridgehead atoms. The maximum Gasteiger partial charge on any atom is 0.0544 e. The van der Waals surface area contributed by atoms with Gasteiger partial charge >= 0.3 is 0 Å². The lowest BCUT2D eigenvalue weighted by molar-refractivity contribution is 0.662. The van der Waals surface area contributed by atoms with Crippen molar-refractivity contribution in [3.05, 3.63) is 151 Å². The normalized spacial score (nSPS) is 13.9. The fourth-order valence-corrected chi connectivity index (χ4v) is 8.26. The van der Waals surface area contributed by atoms with E-state index in [1.165, 1.54) is 92.8 Å². The van der Waals surface area contributed by atoms with Gasteiger partial charge in [-0.2, -0.15) is 0 Å². The predicted molar refractivity (Wildman–Crippen MR) is 188 cm³/mol. The van der Waals surface area contributed by atoms with E-state index < -0.39 is 0 Å². The van der Waals surface area contributed by atoms with Gasteiger partial charge in [0.2, 0.25) is 0 Å². The SMILES string of the molecule is CC1(C)c2cc3c4ccccc4c4ccc5ccccc5c4c3cc2-c2cc3c4ccccc4n(-c4ccccc4)c3cc21. The smallest absolute Gasteiger partial charge is 0.0544 e. The van der Waals surface area contributed by atoms with Crippen molar-refractivity contribution in [1.82, 2.24) is 4.57 Å². The zero-order chi connectivity index (χ0) is 29.2. The maximum atomic E-state index is 2.52. The number of fused-ring (bicyclic) bond motifs is 14. The summed E-state index contributed by atoms with van der Waals surface area (Å²) in [5.41, 5.74) is 9.10. The van der Waals surface area contributed by atoms with Gasteiger partial charge in [0, 0.05) is 21.9 Å². The van der Waals surface area contributed by atoms with Crippen molar-refractivity contribution in [3.8, 4) is 16.8 Å². The molecule has 0 N–H and O–H groups in total. The minimum Gasteiger partial charge on any atom is -0.309 e. The Labute approximate surface area is 255 Å². The van der Waals surface area contributed by atoms with Gasteiger partial charge in [-0.25, -0.2) is 0 Å². The Morgan fingerprint density at radius 1 is 0.409 bits per heavy atom. The van der Waals surface area contributed by atoms with E-state index in [-0.39, 0.29) is 5.41 Å². The molecule has 0 radical (unpaired) electrons. The number of benzene rings is 8. The van der Waals surface area contributed by atoms with Crippen molar-refractivity contribution in [1.29, 1.82) is 0 Å². The molecule has 1 heterocycles. The average molecular weight is 560 g/mol. The van der Waals surface area contributed by atoms with Crippen LogP contribution in [0.4, 0.5) is 0 Å². The zero-order valence-electron chi connectivity index (χ0n) is 24.7. The summed E-state index contributed by atoms with van der Waals surface area (Å²) in [5, 5.41) is 13.2. The van der Waals surface area contributed by atoms with E-state index in [1.807, 2.05) is 0 Å². The van der Waals surface area contributed by atoms with E-state index in [4.69, 9.17) is 0 Å². The van der Waals surface area contributed by atoms with E-state index in [9.17, 15) is 0 Å². The highest BCUT2D eigenvalue weighted by Crippen LogP contribution is 2.53. The van der Waals surface area contributed by atoms with E-state index in [0.717, 1.165) is 0 Å². The number of nitrogens with zero attached hydrogens (tertiary/aromatic N) is 1. The molecule has 0 atom stereocenters. The topological polar surface area (TPSA) is 4.93 Å². The second-order valence-electron chi connectivity index (χ2n) is 12.9. The lowest BCUT2D eigenvalue weighted by atomic mass is 9.80. The molecule has 1 nitrogen and oxygen atoms in total. The van der Waals surface area contributed by atoms with Crippen LogP contribution < -0.4 is 0 Å². The molecule has 1 aliphatic carbocycles. The fraction of sp³-hybridized carbons (Fsp3) is 0.0698. The van der Waals surface area contributed by atoms with E-state index in [0.29, 0.717) is 0 Å². The number of aromatic nitrogens is 1. The van der Waals surface area contributed by atoms with Crippen molar-refractivity contribution in [2.75, 3.05) is 0 Å². The van der Waals surface area contributed by atoms with Gasteiger partial charge in [-0.05, 0) is 108 Å². The van der Waals surface area contributed by atoms with Crippen LogP contribution in [0.25, 0.3) is 81.7 Å². The first-order valence-electron chi connectivity index (χ1n) is 15.5. The highest BCUT2D eigenvalue weighted by Gasteiger charge is 2.37. The van der Waals surface area contributed by atoms with E-state index in [2.05, 4.69) is 158 Å². The maximum absolute atomic E-state index is 2.52. The first kappa shape index (κ1) is 24.1. The third kappa shape index (κ3) is 2.99. The summed E-state index contributed by atoms with van der Waals surface area (Å²) < 4.78 is 2.44. The first-order chi connectivity index (χ1) is 21.6. The predicted octanol–water partition coefficient (Wildman–Crippen LogP) is 11.7. The molecular weight excluding hydrogens is 530 g/mol. The van der Waals surface area contributed by atoms with Gasteiger partial charge in [-0.1, -0.05) is 111 Å². The Morgan fingerprint density at radius 2 is 1.02 bits per heavy atom. The molecule has 206 valence electrons. The van der Waals surface area contributed by atoms with Crippen LogP contribution in [0.1, 0.15) is 25.0 Å². The molecule has 10 rings (SSSR count). The van der Waals surface area contributed by atoms with Crippen molar-refractivity contribution in [2.24, 2.45) is 0 Å². The number of rotatable bonds is 1. The highest BCUT2D eigenvalue weighted by atomic mass is 15.0. The Balaban J connectivity index is 1.37. The lowest BCUT2D eigenvalue weighted by Crippen LogP contribution is -2.15. The van der Waals surface area contributed by atoms with Crippen LogP contribution in [-0.2, 0) is 5.41 Å². The summed E-state index contributed by atoms with van der Waals surface area (Å²) in [4.78, 5) is 0. The summed E-state index contributed by atoms with van der Waals surface area (Å²) in [6.07, 6.45) is 0. The van der Waals surface area contributed by atoms with Gasteiger partial charge in [-0.15, -0.1) is 0 Å². The number of para-hydroxylation sites is 2. The van der Waals surface area contributed by atoms with Gasteiger partial charge in [-0.3, -0.25) is 0 Å². The molecule has 0 saturated heterocycles. The van der Waals surface area contributed by atoms with Crippen LogP contribution in [0, 0.1) is 0 Å². The molecule has 0 fully saturated rings. The molecule has 0 aliphatic heterocycles. The molecule has 9 aromatic rings. The van der Waals surface area contributed by atoms with Crippen LogP contribution in [0.3, 0.4) is 0 Å². The molecule has 0 amide bonds. The third-order valence-electron chi connectivity index (χ3n) is 10.3. The van der Waals surface area contributed by atoms with E-state index in [1.54, 1.807) is 0 Å². The minimum atomic E-state index is -0.139. The molecule has 1 aromatic heterocycles. The Bertz CT molecular complexity index is 2670. The molecule has 44 heavy (non-hydrogen) atoms. The molecule has 1 aliphatic rings. The van der Waals surface area contributed by atoms with Crippen molar-refractivity contribution in [2.45, 2.75) is 19.3 Å². The molecule has 0 spiro atoms. The summed E-state index contributed by atoms with van der Waals surface area (Å²) in [6, 6.07) is 52.0. The molecule has 1 heteroatoms. The van der Waals surface area contributed by atoms with Crippen molar-refractivity contribution in [3.63, 3.8) is 0 Å². The molecule has 0 unspecified atom stereocenters. The Hall–Kier alpha value is -5.40. The summed E-state index contributed by atoms with van der Waals surface area (Å²) in [6.45, 7) is 4.81. The quantitative estimate of drug-likeness (QED) is 0.176. The van der Waals surface area contributed by atoms with Gasteiger partial charge in [0.05, 0.1) is 11.0 Å². The van der Waals surface area contributed by atoms with Crippen LogP contribution in [0.2, 0.25) is 0 Å². The number of hydrogen-bond donors (Lipinski definition) is 0. The number of hydrogen-bond acceptors (Lipinski definition) is 0. The van der Waals surface area contributed by atoms with Crippen molar-refractivity contribution < 1.29 is 0 Å². The lowest BCUT2D eigenvalue weighted by Gasteiger charge is -2.23. The van der Waals surface area contributed by atoms with Gasteiger partial charge < -0.3 is 4.57 Å². The van der Waals surface area contributed by atoms with Crippen LogP contribution in [0.15, 0.2) is 140 Å². The molecular formula is C43H29N.